The number of nitrogens with zero attached hydrogens (tertiary/aromatic N) is 2. The average Bonchev–Trinajstić information content (AvgIpc) is 2.36. The van der Waals surface area contributed by atoms with Crippen molar-refractivity contribution in [3.8, 4) is 0 Å². The number of carboxylic acids is 1. The molecule has 4 nitrogen and oxygen atoms in total. The number of hydrogen-bond acceptors (Lipinski definition) is 2. The first-order chi connectivity index (χ1) is 7.64. The Morgan fingerprint density at radius 1 is 1.53 bits per heavy atom. The van der Waals surface area contributed by atoms with Crippen LogP contribution in [0.2, 0.25) is 0 Å². The summed E-state index contributed by atoms with van der Waals surface area (Å²) < 4.78 is 2.66. The van der Waals surface area contributed by atoms with Gasteiger partial charge in [0.25, 0.3) is 0 Å². The molecule has 1 unspecified atom stereocenters. The SMILES string of the molecule is Cc1nn(C)c(CC(C(=O)O)C(C)(C)C)c1Br. The molecule has 1 aromatic rings. The maximum Gasteiger partial charge on any atom is 0.307 e. The zero-order valence-electron chi connectivity index (χ0n) is 10.9. The van der Waals surface area contributed by atoms with E-state index in [1.807, 2.05) is 34.7 Å². The van der Waals surface area contributed by atoms with E-state index >= 15 is 0 Å². The average molecular weight is 303 g/mol. The number of halogens is 1. The van der Waals surface area contributed by atoms with Gasteiger partial charge in [0, 0.05) is 13.5 Å². The number of carboxylic acid groups (broad SMARTS) is 1. The Hall–Kier alpha value is -0.840. The lowest BCUT2D eigenvalue weighted by molar-refractivity contribution is -0.145. The van der Waals surface area contributed by atoms with Gasteiger partial charge in [-0.05, 0) is 28.3 Å². The Kier molecular flexibility index (Phi) is 4.02. The fraction of sp³-hybridized carbons (Fsp3) is 0.667. The van der Waals surface area contributed by atoms with Crippen LogP contribution in [0.5, 0.6) is 0 Å². The van der Waals surface area contributed by atoms with Crippen molar-refractivity contribution in [1.82, 2.24) is 9.78 Å². The molecule has 1 N–H and O–H groups in total. The van der Waals surface area contributed by atoms with Gasteiger partial charge in [-0.1, -0.05) is 20.8 Å². The van der Waals surface area contributed by atoms with Crippen molar-refractivity contribution in [3.63, 3.8) is 0 Å². The Labute approximate surface area is 110 Å². The van der Waals surface area contributed by atoms with Crippen LogP contribution in [0.15, 0.2) is 4.47 Å². The van der Waals surface area contributed by atoms with Gasteiger partial charge in [-0.3, -0.25) is 9.48 Å². The Balaban J connectivity index is 3.07. The van der Waals surface area contributed by atoms with Gasteiger partial charge in [0.2, 0.25) is 0 Å². The molecular weight excluding hydrogens is 284 g/mol. The first-order valence-corrected chi connectivity index (χ1v) is 6.34. The molecule has 0 radical (unpaired) electrons. The number of rotatable bonds is 3. The molecule has 1 heterocycles. The molecule has 1 atom stereocenters. The molecule has 1 aromatic heterocycles. The summed E-state index contributed by atoms with van der Waals surface area (Å²) in [4.78, 5) is 11.3. The highest BCUT2D eigenvalue weighted by atomic mass is 79.9. The van der Waals surface area contributed by atoms with Crippen molar-refractivity contribution >= 4 is 21.9 Å². The van der Waals surface area contributed by atoms with Gasteiger partial charge in [0.1, 0.15) is 0 Å². The van der Waals surface area contributed by atoms with Gasteiger partial charge in [-0.2, -0.15) is 5.10 Å². The summed E-state index contributed by atoms with van der Waals surface area (Å²) in [6.45, 7) is 7.75. The van der Waals surface area contributed by atoms with Crippen LogP contribution in [-0.2, 0) is 18.3 Å². The molecule has 0 amide bonds. The summed E-state index contributed by atoms with van der Waals surface area (Å²) in [5.41, 5.74) is 1.55. The van der Waals surface area contributed by atoms with Gasteiger partial charge in [0.15, 0.2) is 0 Å². The van der Waals surface area contributed by atoms with E-state index in [4.69, 9.17) is 0 Å². The van der Waals surface area contributed by atoms with Crippen LogP contribution in [0.1, 0.15) is 32.2 Å². The second kappa shape index (κ2) is 4.80. The Morgan fingerprint density at radius 3 is 2.35 bits per heavy atom. The molecule has 0 aromatic carbocycles. The minimum absolute atomic E-state index is 0.274. The maximum atomic E-state index is 11.3. The second-order valence-corrected chi connectivity index (χ2v) is 6.22. The van der Waals surface area contributed by atoms with Gasteiger partial charge in [0.05, 0.1) is 21.8 Å². The lowest BCUT2D eigenvalue weighted by atomic mass is 9.78. The van der Waals surface area contributed by atoms with Crippen LogP contribution in [0.3, 0.4) is 0 Å². The molecule has 1 rings (SSSR count). The first-order valence-electron chi connectivity index (χ1n) is 5.55. The molecule has 96 valence electrons. The lowest BCUT2D eigenvalue weighted by Gasteiger charge is -2.27. The first kappa shape index (κ1) is 14.2. The molecule has 0 aliphatic carbocycles. The summed E-state index contributed by atoms with van der Waals surface area (Å²) in [5.74, 6) is -1.18. The van der Waals surface area contributed by atoms with E-state index in [9.17, 15) is 9.90 Å². The molecular formula is C12H19BrN2O2. The number of carbonyl (C=O) groups is 1. The fourth-order valence-electron chi connectivity index (χ4n) is 1.86. The highest BCUT2D eigenvalue weighted by Crippen LogP contribution is 2.32. The highest BCUT2D eigenvalue weighted by molar-refractivity contribution is 9.10. The zero-order chi connectivity index (χ0) is 13.4. The van der Waals surface area contributed by atoms with E-state index in [0.29, 0.717) is 6.42 Å². The third-order valence-electron chi connectivity index (χ3n) is 3.00. The summed E-state index contributed by atoms with van der Waals surface area (Å²) in [5, 5.41) is 13.6. The monoisotopic (exact) mass is 302 g/mol. The minimum Gasteiger partial charge on any atom is -0.481 e. The third kappa shape index (κ3) is 3.09. The number of aromatic nitrogens is 2. The van der Waals surface area contributed by atoms with Crippen LogP contribution < -0.4 is 0 Å². The number of aryl methyl sites for hydroxylation is 2. The topological polar surface area (TPSA) is 55.1 Å². The van der Waals surface area contributed by atoms with E-state index in [2.05, 4.69) is 21.0 Å². The molecule has 0 aliphatic heterocycles. The van der Waals surface area contributed by atoms with Gasteiger partial charge >= 0.3 is 5.97 Å². The van der Waals surface area contributed by atoms with Gasteiger partial charge in [-0.15, -0.1) is 0 Å². The van der Waals surface area contributed by atoms with Crippen LogP contribution >= 0.6 is 15.9 Å². The summed E-state index contributed by atoms with van der Waals surface area (Å²) in [6, 6.07) is 0. The van der Waals surface area contributed by atoms with Crippen molar-refractivity contribution in [2.24, 2.45) is 18.4 Å². The molecule has 17 heavy (non-hydrogen) atoms. The van der Waals surface area contributed by atoms with Gasteiger partial charge in [-0.25, -0.2) is 0 Å². The van der Waals surface area contributed by atoms with Gasteiger partial charge < -0.3 is 5.11 Å². The number of hydrogen-bond donors (Lipinski definition) is 1. The van der Waals surface area contributed by atoms with Crippen molar-refractivity contribution in [3.05, 3.63) is 15.9 Å². The Morgan fingerprint density at radius 2 is 2.06 bits per heavy atom. The van der Waals surface area contributed by atoms with Crippen LogP contribution in [0.25, 0.3) is 0 Å². The smallest absolute Gasteiger partial charge is 0.307 e. The molecule has 0 spiro atoms. The third-order valence-corrected chi connectivity index (χ3v) is 4.03. The largest absolute Gasteiger partial charge is 0.481 e. The molecule has 0 saturated carbocycles. The molecule has 0 saturated heterocycles. The van der Waals surface area contributed by atoms with Crippen molar-refractivity contribution in [2.45, 2.75) is 34.1 Å². The summed E-state index contributed by atoms with van der Waals surface area (Å²) in [6.07, 6.45) is 0.483. The van der Waals surface area contributed by atoms with E-state index in [-0.39, 0.29) is 5.41 Å². The summed E-state index contributed by atoms with van der Waals surface area (Å²) >= 11 is 3.47. The zero-order valence-corrected chi connectivity index (χ0v) is 12.5. The highest BCUT2D eigenvalue weighted by Gasteiger charge is 2.33. The van der Waals surface area contributed by atoms with E-state index in [1.165, 1.54) is 0 Å². The standard InChI is InChI=1S/C12H19BrN2O2/c1-7-10(13)9(15(5)14-7)6-8(11(16)17)12(2,3)4/h8H,6H2,1-5H3,(H,16,17). The molecule has 0 aliphatic rings. The molecule has 0 fully saturated rings. The van der Waals surface area contributed by atoms with Crippen LogP contribution in [0.4, 0.5) is 0 Å². The van der Waals surface area contributed by atoms with Crippen molar-refractivity contribution in [1.29, 1.82) is 0 Å². The lowest BCUT2D eigenvalue weighted by Crippen LogP contribution is -2.31. The fourth-order valence-corrected chi connectivity index (χ4v) is 2.36. The van der Waals surface area contributed by atoms with Crippen LogP contribution in [0, 0.1) is 18.3 Å². The number of aliphatic carboxylic acids is 1. The molecule has 5 heteroatoms. The minimum atomic E-state index is -0.761. The van der Waals surface area contributed by atoms with Crippen molar-refractivity contribution < 1.29 is 9.90 Å². The van der Waals surface area contributed by atoms with E-state index < -0.39 is 11.9 Å². The summed E-state index contributed by atoms with van der Waals surface area (Å²) in [7, 11) is 1.84. The quantitative estimate of drug-likeness (QED) is 0.934. The van der Waals surface area contributed by atoms with E-state index in [0.717, 1.165) is 15.9 Å². The normalized spacial score (nSPS) is 13.8. The van der Waals surface area contributed by atoms with Crippen LogP contribution in [-0.4, -0.2) is 20.9 Å². The van der Waals surface area contributed by atoms with Crippen molar-refractivity contribution in [2.75, 3.05) is 0 Å². The second-order valence-electron chi connectivity index (χ2n) is 5.43. The van der Waals surface area contributed by atoms with E-state index in [1.54, 1.807) is 4.68 Å². The predicted molar refractivity (Wildman–Crippen MR) is 69.9 cm³/mol. The maximum absolute atomic E-state index is 11.3. The molecule has 0 bridgehead atoms. The Bertz CT molecular complexity index is 432. The predicted octanol–water partition coefficient (Wildman–Crippen LogP) is 2.78.